The van der Waals surface area contributed by atoms with Crippen molar-refractivity contribution in [3.05, 3.63) is 22.4 Å². The fourth-order valence-corrected chi connectivity index (χ4v) is 4.23. The molecule has 1 aromatic rings. The van der Waals surface area contributed by atoms with Gasteiger partial charge in [-0.25, -0.2) is 0 Å². The fraction of sp³-hybridized carbons (Fsp3) is 0.667. The van der Waals surface area contributed by atoms with Gasteiger partial charge in [0.25, 0.3) is 0 Å². The number of nitrogens with zero attached hydrogens (tertiary/aromatic N) is 1. The SMILES string of the molecule is NC1CCCCC1C(=O)N1CCCC1c1ccsc1. The maximum atomic E-state index is 12.8. The van der Waals surface area contributed by atoms with Gasteiger partial charge in [0.15, 0.2) is 0 Å². The van der Waals surface area contributed by atoms with Crippen LogP contribution in [0.15, 0.2) is 16.8 Å². The molecule has 1 saturated heterocycles. The zero-order valence-electron chi connectivity index (χ0n) is 11.3. The first-order chi connectivity index (χ1) is 9.27. The standard InChI is InChI=1S/C15H22N2OS/c16-13-5-2-1-4-12(13)15(18)17-8-3-6-14(17)11-7-9-19-10-11/h7,9-10,12-14H,1-6,8,16H2. The first-order valence-corrected chi connectivity index (χ1v) is 8.30. The number of hydrogen-bond acceptors (Lipinski definition) is 3. The third kappa shape index (κ3) is 2.56. The van der Waals surface area contributed by atoms with E-state index in [1.165, 1.54) is 12.0 Å². The summed E-state index contributed by atoms with van der Waals surface area (Å²) in [5.41, 5.74) is 7.47. The molecular formula is C15H22N2OS. The molecule has 1 aromatic heterocycles. The molecule has 0 radical (unpaired) electrons. The summed E-state index contributed by atoms with van der Waals surface area (Å²) >= 11 is 1.71. The number of nitrogens with two attached hydrogens (primary N) is 1. The van der Waals surface area contributed by atoms with Gasteiger partial charge in [0.2, 0.25) is 5.91 Å². The van der Waals surface area contributed by atoms with Crippen LogP contribution in [0.4, 0.5) is 0 Å². The topological polar surface area (TPSA) is 46.3 Å². The van der Waals surface area contributed by atoms with Gasteiger partial charge in [-0.1, -0.05) is 12.8 Å². The van der Waals surface area contributed by atoms with Gasteiger partial charge >= 0.3 is 0 Å². The molecule has 2 aliphatic rings. The van der Waals surface area contributed by atoms with E-state index in [4.69, 9.17) is 5.73 Å². The van der Waals surface area contributed by atoms with Crippen LogP contribution >= 0.6 is 11.3 Å². The van der Waals surface area contributed by atoms with E-state index in [9.17, 15) is 4.79 Å². The van der Waals surface area contributed by atoms with Crippen molar-refractivity contribution in [3.63, 3.8) is 0 Å². The third-order valence-corrected chi connectivity index (χ3v) is 5.30. The van der Waals surface area contributed by atoms with Gasteiger partial charge in [0, 0.05) is 12.6 Å². The van der Waals surface area contributed by atoms with Crippen molar-refractivity contribution in [3.8, 4) is 0 Å². The molecule has 1 aliphatic heterocycles. The normalized spacial score (nSPS) is 31.6. The zero-order valence-corrected chi connectivity index (χ0v) is 12.1. The highest BCUT2D eigenvalue weighted by atomic mass is 32.1. The third-order valence-electron chi connectivity index (χ3n) is 4.60. The quantitative estimate of drug-likeness (QED) is 0.904. The van der Waals surface area contributed by atoms with Crippen LogP contribution in [0, 0.1) is 5.92 Å². The van der Waals surface area contributed by atoms with E-state index in [-0.39, 0.29) is 12.0 Å². The van der Waals surface area contributed by atoms with Crippen LogP contribution in [0.25, 0.3) is 0 Å². The minimum absolute atomic E-state index is 0.0629. The molecule has 1 aliphatic carbocycles. The maximum absolute atomic E-state index is 12.8. The molecule has 0 spiro atoms. The molecule has 0 aromatic carbocycles. The number of carbonyl (C=O) groups is 1. The lowest BCUT2D eigenvalue weighted by molar-refractivity contribution is -0.138. The Hall–Kier alpha value is -0.870. The van der Waals surface area contributed by atoms with Crippen molar-refractivity contribution in [2.75, 3.05) is 6.54 Å². The van der Waals surface area contributed by atoms with Gasteiger partial charge in [-0.3, -0.25) is 4.79 Å². The Kier molecular flexibility index (Phi) is 3.89. The Bertz CT molecular complexity index is 431. The lowest BCUT2D eigenvalue weighted by Crippen LogP contribution is -2.45. The molecule has 4 heteroatoms. The van der Waals surface area contributed by atoms with Crippen molar-refractivity contribution in [1.82, 2.24) is 4.90 Å². The summed E-state index contributed by atoms with van der Waals surface area (Å²) in [7, 11) is 0. The molecule has 3 rings (SSSR count). The van der Waals surface area contributed by atoms with Gasteiger partial charge < -0.3 is 10.6 Å². The molecule has 1 amide bonds. The van der Waals surface area contributed by atoms with Crippen LogP contribution in [0.1, 0.15) is 50.1 Å². The fourth-order valence-electron chi connectivity index (χ4n) is 3.52. The summed E-state index contributed by atoms with van der Waals surface area (Å²) in [5, 5.41) is 4.28. The lowest BCUT2D eigenvalue weighted by Gasteiger charge is -2.33. The summed E-state index contributed by atoms with van der Waals surface area (Å²) < 4.78 is 0. The highest BCUT2D eigenvalue weighted by Gasteiger charge is 2.37. The molecule has 2 heterocycles. The van der Waals surface area contributed by atoms with Crippen LogP contribution in [0.2, 0.25) is 0 Å². The van der Waals surface area contributed by atoms with Gasteiger partial charge in [0.1, 0.15) is 0 Å². The summed E-state index contributed by atoms with van der Waals surface area (Å²) in [6.07, 6.45) is 6.54. The number of amides is 1. The predicted molar refractivity (Wildman–Crippen MR) is 77.9 cm³/mol. The molecule has 3 nitrogen and oxygen atoms in total. The minimum Gasteiger partial charge on any atom is -0.335 e. The van der Waals surface area contributed by atoms with Crippen LogP contribution in [0.5, 0.6) is 0 Å². The maximum Gasteiger partial charge on any atom is 0.227 e. The van der Waals surface area contributed by atoms with Crippen molar-refractivity contribution in [2.45, 2.75) is 50.6 Å². The predicted octanol–water partition coefficient (Wildman–Crippen LogP) is 2.93. The van der Waals surface area contributed by atoms with E-state index in [1.54, 1.807) is 11.3 Å². The molecule has 2 N–H and O–H groups in total. The first kappa shape index (κ1) is 13.1. The van der Waals surface area contributed by atoms with Crippen LogP contribution in [-0.4, -0.2) is 23.4 Å². The van der Waals surface area contributed by atoms with E-state index < -0.39 is 0 Å². The van der Waals surface area contributed by atoms with E-state index in [1.807, 2.05) is 0 Å². The number of thiophene rings is 1. The second-order valence-corrected chi connectivity index (χ2v) is 6.58. The van der Waals surface area contributed by atoms with E-state index in [2.05, 4.69) is 21.7 Å². The molecule has 0 bridgehead atoms. The van der Waals surface area contributed by atoms with Crippen molar-refractivity contribution >= 4 is 17.2 Å². The Morgan fingerprint density at radius 3 is 2.84 bits per heavy atom. The average molecular weight is 278 g/mol. The lowest BCUT2D eigenvalue weighted by atomic mass is 9.84. The average Bonchev–Trinajstić information content (AvgIpc) is 3.09. The minimum atomic E-state index is 0.0629. The first-order valence-electron chi connectivity index (χ1n) is 7.35. The Labute approximate surface area is 118 Å². The van der Waals surface area contributed by atoms with Crippen LogP contribution < -0.4 is 5.73 Å². The molecule has 104 valence electrons. The largest absolute Gasteiger partial charge is 0.335 e. The summed E-state index contributed by atoms with van der Waals surface area (Å²) in [6, 6.07) is 2.53. The van der Waals surface area contributed by atoms with Gasteiger partial charge in [-0.15, -0.1) is 0 Å². The molecule has 1 saturated carbocycles. The smallest absolute Gasteiger partial charge is 0.227 e. The van der Waals surface area contributed by atoms with Crippen molar-refractivity contribution < 1.29 is 4.79 Å². The number of likely N-dealkylation sites (tertiary alicyclic amines) is 1. The van der Waals surface area contributed by atoms with Gasteiger partial charge in [-0.05, 0) is 48.1 Å². The van der Waals surface area contributed by atoms with Crippen molar-refractivity contribution in [1.29, 1.82) is 0 Å². The van der Waals surface area contributed by atoms with Crippen LogP contribution in [0.3, 0.4) is 0 Å². The monoisotopic (exact) mass is 278 g/mol. The second-order valence-electron chi connectivity index (χ2n) is 5.80. The molecule has 3 unspecified atom stereocenters. The summed E-state index contributed by atoms with van der Waals surface area (Å²) in [4.78, 5) is 14.9. The van der Waals surface area contributed by atoms with E-state index >= 15 is 0 Å². The van der Waals surface area contributed by atoms with Gasteiger partial charge in [-0.2, -0.15) is 11.3 Å². The number of hydrogen-bond donors (Lipinski definition) is 1. The molecule has 19 heavy (non-hydrogen) atoms. The van der Waals surface area contributed by atoms with Crippen molar-refractivity contribution in [2.24, 2.45) is 11.7 Å². The molecular weight excluding hydrogens is 256 g/mol. The highest BCUT2D eigenvalue weighted by molar-refractivity contribution is 7.07. The molecule has 2 fully saturated rings. The Balaban J connectivity index is 1.75. The Morgan fingerprint density at radius 1 is 1.26 bits per heavy atom. The number of rotatable bonds is 2. The molecule has 3 atom stereocenters. The van der Waals surface area contributed by atoms with Crippen LogP contribution in [-0.2, 0) is 4.79 Å². The zero-order chi connectivity index (χ0) is 13.2. The second kappa shape index (κ2) is 5.63. The summed E-state index contributed by atoms with van der Waals surface area (Å²) in [5.74, 6) is 0.369. The van der Waals surface area contributed by atoms with Gasteiger partial charge in [0.05, 0.1) is 12.0 Å². The highest BCUT2D eigenvalue weighted by Crippen LogP contribution is 2.36. The van der Waals surface area contributed by atoms with E-state index in [0.29, 0.717) is 11.9 Å². The van der Waals surface area contributed by atoms with E-state index in [0.717, 1.165) is 38.6 Å². The Morgan fingerprint density at radius 2 is 2.11 bits per heavy atom. The number of carbonyl (C=O) groups excluding carboxylic acids is 1. The summed E-state index contributed by atoms with van der Waals surface area (Å²) in [6.45, 7) is 0.905.